The van der Waals surface area contributed by atoms with E-state index in [9.17, 15) is 4.79 Å². The summed E-state index contributed by atoms with van der Waals surface area (Å²) in [5.41, 5.74) is 0.970. The van der Waals surface area contributed by atoms with E-state index in [0.29, 0.717) is 12.2 Å². The molecule has 0 saturated heterocycles. The van der Waals surface area contributed by atoms with Gasteiger partial charge in [-0.3, -0.25) is 4.79 Å². The molecule has 1 aromatic rings. The molecule has 2 heteroatoms. The van der Waals surface area contributed by atoms with Crippen LogP contribution in [0.15, 0.2) is 30.8 Å². The number of unbranched alkanes of at least 4 members (excludes halogenated alkanes) is 14. The summed E-state index contributed by atoms with van der Waals surface area (Å²) in [4.78, 5) is 11.9. The lowest BCUT2D eigenvalue weighted by Gasteiger charge is -2.05. The predicted octanol–water partition coefficient (Wildman–Crippen LogP) is 8.50. The normalized spacial score (nSPS) is 10.8. The van der Waals surface area contributed by atoms with E-state index in [1.807, 2.05) is 24.3 Å². The second-order valence-electron chi connectivity index (χ2n) is 7.95. The van der Waals surface area contributed by atoms with Crippen molar-refractivity contribution in [2.24, 2.45) is 0 Å². The lowest BCUT2D eigenvalue weighted by molar-refractivity contribution is -0.134. The molecule has 0 saturated carbocycles. The molecule has 0 amide bonds. The van der Waals surface area contributed by atoms with Gasteiger partial charge in [-0.25, -0.2) is 0 Å². The lowest BCUT2D eigenvalue weighted by atomic mass is 10.0. The second kappa shape index (κ2) is 17.5. The van der Waals surface area contributed by atoms with E-state index in [-0.39, 0.29) is 5.97 Å². The van der Waals surface area contributed by atoms with Crippen LogP contribution in [-0.4, -0.2) is 5.97 Å². The van der Waals surface area contributed by atoms with Crippen LogP contribution in [0.25, 0.3) is 6.08 Å². The third-order valence-electron chi connectivity index (χ3n) is 5.31. The summed E-state index contributed by atoms with van der Waals surface area (Å²) in [7, 11) is 0. The van der Waals surface area contributed by atoms with Crippen molar-refractivity contribution in [3.8, 4) is 5.75 Å². The highest BCUT2D eigenvalue weighted by Gasteiger charge is 2.05. The zero-order valence-electron chi connectivity index (χ0n) is 18.2. The standard InChI is InChI=1S/C26H42O2/c1-3-5-6-7-8-9-10-11-12-13-14-15-16-17-18-22-26(27)28-25-21-19-20-24(4-2)23-25/h4,19-21,23H,2-3,5-18,22H2,1H3. The Hall–Kier alpha value is -1.57. The van der Waals surface area contributed by atoms with Crippen LogP contribution < -0.4 is 4.74 Å². The molecule has 2 nitrogen and oxygen atoms in total. The van der Waals surface area contributed by atoms with E-state index in [2.05, 4.69) is 13.5 Å². The number of carbonyl (C=O) groups is 1. The minimum absolute atomic E-state index is 0.129. The van der Waals surface area contributed by atoms with Gasteiger partial charge in [0.05, 0.1) is 0 Å². The minimum atomic E-state index is -0.129. The highest BCUT2D eigenvalue weighted by Crippen LogP contribution is 2.16. The molecule has 0 aliphatic carbocycles. The van der Waals surface area contributed by atoms with Crippen LogP contribution in [0.4, 0.5) is 0 Å². The Morgan fingerprint density at radius 3 is 1.82 bits per heavy atom. The molecule has 0 aliphatic heterocycles. The fraction of sp³-hybridized carbons (Fsp3) is 0.654. The van der Waals surface area contributed by atoms with Crippen LogP contribution in [0, 0.1) is 0 Å². The molecule has 0 unspecified atom stereocenters. The Morgan fingerprint density at radius 2 is 1.32 bits per heavy atom. The summed E-state index contributed by atoms with van der Waals surface area (Å²) in [5, 5.41) is 0. The predicted molar refractivity (Wildman–Crippen MR) is 122 cm³/mol. The van der Waals surface area contributed by atoms with Crippen LogP contribution in [0.3, 0.4) is 0 Å². The Morgan fingerprint density at radius 1 is 0.821 bits per heavy atom. The van der Waals surface area contributed by atoms with Gasteiger partial charge in [-0.05, 0) is 24.1 Å². The molecule has 0 heterocycles. The molecule has 0 radical (unpaired) electrons. The number of carbonyl (C=O) groups excluding carboxylic acids is 1. The van der Waals surface area contributed by atoms with E-state index >= 15 is 0 Å². The second-order valence-corrected chi connectivity index (χ2v) is 7.95. The fourth-order valence-corrected chi connectivity index (χ4v) is 3.53. The Balaban J connectivity index is 1.86. The van der Waals surface area contributed by atoms with Crippen molar-refractivity contribution in [2.75, 3.05) is 0 Å². The van der Waals surface area contributed by atoms with E-state index in [1.165, 1.54) is 83.5 Å². The van der Waals surface area contributed by atoms with Crippen molar-refractivity contribution in [1.29, 1.82) is 0 Å². The maximum atomic E-state index is 11.9. The Kier molecular flexibility index (Phi) is 15.3. The molecule has 0 fully saturated rings. The molecule has 1 aromatic carbocycles. The Bertz CT molecular complexity index is 521. The van der Waals surface area contributed by atoms with Gasteiger partial charge in [0, 0.05) is 6.42 Å². The molecular formula is C26H42O2. The van der Waals surface area contributed by atoms with Gasteiger partial charge in [0.25, 0.3) is 0 Å². The molecule has 0 atom stereocenters. The molecule has 1 rings (SSSR count). The highest BCUT2D eigenvalue weighted by atomic mass is 16.5. The van der Waals surface area contributed by atoms with Crippen LogP contribution in [0.1, 0.15) is 115 Å². The largest absolute Gasteiger partial charge is 0.427 e. The number of hydrogen-bond donors (Lipinski definition) is 0. The first kappa shape index (κ1) is 24.5. The van der Waals surface area contributed by atoms with Crippen LogP contribution >= 0.6 is 0 Å². The van der Waals surface area contributed by atoms with E-state index in [0.717, 1.165) is 18.4 Å². The zero-order chi connectivity index (χ0) is 20.3. The number of rotatable bonds is 18. The monoisotopic (exact) mass is 386 g/mol. The van der Waals surface area contributed by atoms with Gasteiger partial charge < -0.3 is 4.74 Å². The third-order valence-corrected chi connectivity index (χ3v) is 5.31. The number of ether oxygens (including phenoxy) is 1. The molecule has 28 heavy (non-hydrogen) atoms. The first-order chi connectivity index (χ1) is 13.8. The van der Waals surface area contributed by atoms with E-state index in [1.54, 1.807) is 6.08 Å². The molecule has 0 aliphatic rings. The Labute approximate surface area is 173 Å². The van der Waals surface area contributed by atoms with Gasteiger partial charge in [-0.15, -0.1) is 0 Å². The molecule has 0 aromatic heterocycles. The average Bonchev–Trinajstić information content (AvgIpc) is 2.71. The SMILES string of the molecule is C=Cc1cccc(OC(=O)CCCCCCCCCCCCCCCCC)c1. The summed E-state index contributed by atoms with van der Waals surface area (Å²) in [5.74, 6) is 0.485. The lowest BCUT2D eigenvalue weighted by Crippen LogP contribution is -2.07. The highest BCUT2D eigenvalue weighted by molar-refractivity contribution is 5.72. The molecule has 0 N–H and O–H groups in total. The van der Waals surface area contributed by atoms with Gasteiger partial charge in [0.2, 0.25) is 0 Å². The van der Waals surface area contributed by atoms with E-state index < -0.39 is 0 Å². The first-order valence-corrected chi connectivity index (χ1v) is 11.7. The summed E-state index contributed by atoms with van der Waals surface area (Å²) in [6.45, 7) is 6.01. The van der Waals surface area contributed by atoms with Crippen LogP contribution in [-0.2, 0) is 4.79 Å². The maximum absolute atomic E-state index is 11.9. The van der Waals surface area contributed by atoms with Gasteiger partial charge in [0.1, 0.15) is 5.75 Å². The van der Waals surface area contributed by atoms with Crippen LogP contribution in [0.2, 0.25) is 0 Å². The van der Waals surface area contributed by atoms with Gasteiger partial charge in [-0.2, -0.15) is 0 Å². The summed E-state index contributed by atoms with van der Waals surface area (Å²) >= 11 is 0. The van der Waals surface area contributed by atoms with Crippen molar-refractivity contribution < 1.29 is 9.53 Å². The minimum Gasteiger partial charge on any atom is -0.427 e. The van der Waals surface area contributed by atoms with Crippen molar-refractivity contribution >= 4 is 12.0 Å². The number of hydrogen-bond acceptors (Lipinski definition) is 2. The quantitative estimate of drug-likeness (QED) is 0.144. The van der Waals surface area contributed by atoms with Crippen molar-refractivity contribution in [3.05, 3.63) is 36.4 Å². The average molecular weight is 387 g/mol. The van der Waals surface area contributed by atoms with Crippen molar-refractivity contribution in [3.63, 3.8) is 0 Å². The maximum Gasteiger partial charge on any atom is 0.311 e. The topological polar surface area (TPSA) is 26.3 Å². The molecular weight excluding hydrogens is 344 g/mol. The van der Waals surface area contributed by atoms with Gasteiger partial charge >= 0.3 is 5.97 Å². The first-order valence-electron chi connectivity index (χ1n) is 11.7. The summed E-state index contributed by atoms with van der Waals surface area (Å²) in [6, 6.07) is 7.49. The number of benzene rings is 1. The molecule has 158 valence electrons. The van der Waals surface area contributed by atoms with Gasteiger partial charge in [0.15, 0.2) is 0 Å². The van der Waals surface area contributed by atoms with Crippen molar-refractivity contribution in [2.45, 2.75) is 110 Å². The van der Waals surface area contributed by atoms with Crippen LogP contribution in [0.5, 0.6) is 5.75 Å². The summed E-state index contributed by atoms with van der Waals surface area (Å²) in [6.07, 6.45) is 22.3. The third kappa shape index (κ3) is 13.6. The van der Waals surface area contributed by atoms with Gasteiger partial charge in [-0.1, -0.05) is 122 Å². The number of esters is 1. The fourth-order valence-electron chi connectivity index (χ4n) is 3.53. The molecule has 0 bridgehead atoms. The van der Waals surface area contributed by atoms with E-state index in [4.69, 9.17) is 4.74 Å². The molecule has 0 spiro atoms. The van der Waals surface area contributed by atoms with Crippen molar-refractivity contribution in [1.82, 2.24) is 0 Å². The zero-order valence-corrected chi connectivity index (χ0v) is 18.2. The smallest absolute Gasteiger partial charge is 0.311 e. The summed E-state index contributed by atoms with van der Waals surface area (Å²) < 4.78 is 5.39.